The molecule has 7 nitrogen and oxygen atoms in total. The van der Waals surface area contributed by atoms with Crippen molar-refractivity contribution < 1.29 is 23.8 Å². The Balaban J connectivity index is 1.34. The molecular formula is C21H22N2O5. The van der Waals surface area contributed by atoms with Gasteiger partial charge < -0.3 is 24.4 Å². The molecule has 2 aliphatic heterocycles. The van der Waals surface area contributed by atoms with Gasteiger partial charge in [-0.05, 0) is 48.9 Å². The van der Waals surface area contributed by atoms with E-state index in [-0.39, 0.29) is 30.9 Å². The topological polar surface area (TPSA) is 77.1 Å². The molecule has 0 unspecified atom stereocenters. The summed E-state index contributed by atoms with van der Waals surface area (Å²) in [6.07, 6.45) is 0.209. The molecule has 0 aliphatic carbocycles. The van der Waals surface area contributed by atoms with Gasteiger partial charge in [-0.2, -0.15) is 0 Å². The molecule has 2 aliphatic rings. The molecule has 2 amide bonds. The van der Waals surface area contributed by atoms with Crippen LogP contribution in [0.1, 0.15) is 18.9 Å². The number of benzene rings is 2. The Bertz CT molecular complexity index is 881. The Morgan fingerprint density at radius 3 is 2.75 bits per heavy atom. The largest absolute Gasteiger partial charge is 0.494 e. The van der Waals surface area contributed by atoms with Crippen molar-refractivity contribution in [1.82, 2.24) is 5.32 Å². The van der Waals surface area contributed by atoms with Crippen LogP contribution < -0.4 is 24.4 Å². The summed E-state index contributed by atoms with van der Waals surface area (Å²) in [5, 5.41) is 2.92. The quantitative estimate of drug-likeness (QED) is 0.831. The standard InChI is InChI=1S/C21H22N2O5/c1-2-26-17-6-4-16(5-7-17)23-12-15(10-20(23)24)21(25)22-11-14-3-8-18-19(9-14)28-13-27-18/h3-9,15H,2,10-13H2,1H3,(H,22,25)/t15-/m0/s1. The van der Waals surface area contributed by atoms with Crippen LogP contribution >= 0.6 is 0 Å². The normalized spacial score (nSPS) is 17.7. The molecule has 28 heavy (non-hydrogen) atoms. The van der Waals surface area contributed by atoms with E-state index in [0.717, 1.165) is 17.0 Å². The number of nitrogens with zero attached hydrogens (tertiary/aromatic N) is 1. The Hall–Kier alpha value is -3.22. The summed E-state index contributed by atoms with van der Waals surface area (Å²) in [5.41, 5.74) is 1.70. The SMILES string of the molecule is CCOc1ccc(N2C[C@@H](C(=O)NCc3ccc4c(c3)OCO4)CC2=O)cc1. The number of amides is 2. The van der Waals surface area contributed by atoms with Crippen molar-refractivity contribution in [2.45, 2.75) is 19.9 Å². The van der Waals surface area contributed by atoms with Crippen molar-refractivity contribution in [1.29, 1.82) is 0 Å². The van der Waals surface area contributed by atoms with Crippen LogP contribution in [0.15, 0.2) is 42.5 Å². The molecule has 7 heteroatoms. The maximum atomic E-state index is 12.5. The molecule has 4 rings (SSSR count). The summed E-state index contributed by atoms with van der Waals surface area (Å²) in [4.78, 5) is 26.6. The van der Waals surface area contributed by atoms with Crippen LogP contribution in [0.5, 0.6) is 17.2 Å². The second-order valence-corrected chi connectivity index (χ2v) is 6.74. The van der Waals surface area contributed by atoms with E-state index in [2.05, 4.69) is 5.32 Å². The first-order chi connectivity index (χ1) is 13.6. The van der Waals surface area contributed by atoms with Crippen molar-refractivity contribution in [3.63, 3.8) is 0 Å². The molecule has 2 aromatic rings. The molecule has 146 valence electrons. The summed E-state index contributed by atoms with van der Waals surface area (Å²) >= 11 is 0. The third-order valence-electron chi connectivity index (χ3n) is 4.86. The lowest BCUT2D eigenvalue weighted by Gasteiger charge is -2.17. The van der Waals surface area contributed by atoms with Crippen LogP contribution in [-0.4, -0.2) is 31.8 Å². The fourth-order valence-corrected chi connectivity index (χ4v) is 3.41. The molecule has 0 aromatic heterocycles. The van der Waals surface area contributed by atoms with Crippen molar-refractivity contribution in [3.8, 4) is 17.2 Å². The molecule has 1 saturated heterocycles. The molecule has 1 N–H and O–H groups in total. The van der Waals surface area contributed by atoms with Crippen molar-refractivity contribution >= 4 is 17.5 Å². The van der Waals surface area contributed by atoms with Gasteiger partial charge in [-0.3, -0.25) is 9.59 Å². The van der Waals surface area contributed by atoms with Crippen LogP contribution in [0.2, 0.25) is 0 Å². The zero-order valence-electron chi connectivity index (χ0n) is 15.6. The summed E-state index contributed by atoms with van der Waals surface area (Å²) in [6.45, 7) is 3.48. The number of hydrogen-bond donors (Lipinski definition) is 1. The Morgan fingerprint density at radius 2 is 1.96 bits per heavy atom. The second kappa shape index (κ2) is 7.80. The monoisotopic (exact) mass is 382 g/mol. The second-order valence-electron chi connectivity index (χ2n) is 6.74. The minimum Gasteiger partial charge on any atom is -0.494 e. The molecule has 2 aromatic carbocycles. The molecule has 2 heterocycles. The van der Waals surface area contributed by atoms with Crippen LogP contribution in [0, 0.1) is 5.92 Å². The van der Waals surface area contributed by atoms with Gasteiger partial charge in [0.05, 0.1) is 12.5 Å². The fourth-order valence-electron chi connectivity index (χ4n) is 3.41. The maximum absolute atomic E-state index is 12.5. The van der Waals surface area contributed by atoms with Gasteiger partial charge in [0.15, 0.2) is 11.5 Å². The minimum absolute atomic E-state index is 0.0487. The van der Waals surface area contributed by atoms with Crippen LogP contribution in [0.25, 0.3) is 0 Å². The molecule has 0 spiro atoms. The molecule has 0 radical (unpaired) electrons. The lowest BCUT2D eigenvalue weighted by molar-refractivity contribution is -0.126. The molecule has 1 atom stereocenters. The number of anilines is 1. The number of fused-ring (bicyclic) bond motifs is 1. The predicted octanol–water partition coefficient (Wildman–Crippen LogP) is 2.48. The van der Waals surface area contributed by atoms with Crippen molar-refractivity contribution in [3.05, 3.63) is 48.0 Å². The zero-order valence-corrected chi connectivity index (χ0v) is 15.6. The smallest absolute Gasteiger partial charge is 0.231 e. The lowest BCUT2D eigenvalue weighted by Crippen LogP contribution is -2.32. The van der Waals surface area contributed by atoms with E-state index in [9.17, 15) is 9.59 Å². The minimum atomic E-state index is -0.368. The van der Waals surface area contributed by atoms with Gasteiger partial charge in [-0.1, -0.05) is 6.07 Å². The first-order valence-corrected chi connectivity index (χ1v) is 9.33. The van der Waals surface area contributed by atoms with Crippen molar-refractivity contribution in [2.75, 3.05) is 24.8 Å². The first kappa shape index (κ1) is 18.2. The lowest BCUT2D eigenvalue weighted by atomic mass is 10.1. The Morgan fingerprint density at radius 1 is 1.18 bits per heavy atom. The summed E-state index contributed by atoms with van der Waals surface area (Å²) in [5.74, 6) is 1.61. The number of carbonyl (C=O) groups excluding carboxylic acids is 2. The number of ether oxygens (including phenoxy) is 3. The Kier molecular flexibility index (Phi) is 5.06. The number of rotatable bonds is 6. The van der Waals surface area contributed by atoms with Gasteiger partial charge in [-0.15, -0.1) is 0 Å². The van der Waals surface area contributed by atoms with E-state index in [1.54, 1.807) is 4.90 Å². The average Bonchev–Trinajstić information content (AvgIpc) is 3.33. The van der Waals surface area contributed by atoms with Gasteiger partial charge >= 0.3 is 0 Å². The molecule has 0 bridgehead atoms. The van der Waals surface area contributed by atoms with Gasteiger partial charge in [0.2, 0.25) is 18.6 Å². The zero-order chi connectivity index (χ0) is 19.5. The van der Waals surface area contributed by atoms with E-state index >= 15 is 0 Å². The third kappa shape index (κ3) is 3.74. The average molecular weight is 382 g/mol. The highest BCUT2D eigenvalue weighted by Crippen LogP contribution is 2.32. The van der Waals surface area contributed by atoms with Crippen LogP contribution in [0.3, 0.4) is 0 Å². The number of carbonyl (C=O) groups is 2. The number of hydrogen-bond acceptors (Lipinski definition) is 5. The van der Waals surface area contributed by atoms with Gasteiger partial charge in [0, 0.05) is 25.2 Å². The van der Waals surface area contributed by atoms with Gasteiger partial charge in [0.1, 0.15) is 5.75 Å². The van der Waals surface area contributed by atoms with Crippen molar-refractivity contribution in [2.24, 2.45) is 5.92 Å². The fraction of sp³-hybridized carbons (Fsp3) is 0.333. The van der Waals surface area contributed by atoms with E-state index in [1.807, 2.05) is 49.4 Å². The third-order valence-corrected chi connectivity index (χ3v) is 4.86. The molecule has 1 fully saturated rings. The summed E-state index contributed by atoms with van der Waals surface area (Å²) in [6, 6.07) is 12.9. The highest BCUT2D eigenvalue weighted by Gasteiger charge is 2.35. The maximum Gasteiger partial charge on any atom is 0.231 e. The van der Waals surface area contributed by atoms with E-state index < -0.39 is 0 Å². The first-order valence-electron chi connectivity index (χ1n) is 9.33. The number of nitrogens with one attached hydrogen (secondary N) is 1. The summed E-state index contributed by atoms with van der Waals surface area (Å²) in [7, 11) is 0. The highest BCUT2D eigenvalue weighted by atomic mass is 16.7. The van der Waals surface area contributed by atoms with Crippen LogP contribution in [0.4, 0.5) is 5.69 Å². The van der Waals surface area contributed by atoms with E-state index in [0.29, 0.717) is 31.2 Å². The Labute approximate surface area is 163 Å². The van der Waals surface area contributed by atoms with Gasteiger partial charge in [0.25, 0.3) is 0 Å². The summed E-state index contributed by atoms with van der Waals surface area (Å²) < 4.78 is 16.1. The molecular weight excluding hydrogens is 360 g/mol. The van der Waals surface area contributed by atoms with E-state index in [1.165, 1.54) is 0 Å². The highest BCUT2D eigenvalue weighted by molar-refractivity contribution is 6.00. The van der Waals surface area contributed by atoms with Crippen LogP contribution in [-0.2, 0) is 16.1 Å². The van der Waals surface area contributed by atoms with E-state index in [4.69, 9.17) is 14.2 Å². The molecule has 0 saturated carbocycles. The van der Waals surface area contributed by atoms with Gasteiger partial charge in [-0.25, -0.2) is 0 Å². The predicted molar refractivity (Wildman–Crippen MR) is 102 cm³/mol.